The highest BCUT2D eigenvalue weighted by molar-refractivity contribution is 5.06. The number of rotatable bonds is 6. The Morgan fingerprint density at radius 3 is 2.73 bits per heavy atom. The number of nitrogens with two attached hydrogens (primary N) is 1. The van der Waals surface area contributed by atoms with E-state index in [-0.39, 0.29) is 5.54 Å². The van der Waals surface area contributed by atoms with Gasteiger partial charge in [0, 0.05) is 18.7 Å². The van der Waals surface area contributed by atoms with Gasteiger partial charge in [0.15, 0.2) is 0 Å². The van der Waals surface area contributed by atoms with Gasteiger partial charge in [-0.2, -0.15) is 0 Å². The van der Waals surface area contributed by atoms with E-state index in [9.17, 15) is 0 Å². The molecular formula is C12H24N2O. The van der Waals surface area contributed by atoms with E-state index in [1.807, 2.05) is 0 Å². The lowest BCUT2D eigenvalue weighted by molar-refractivity contribution is 0.211. The van der Waals surface area contributed by atoms with Crippen molar-refractivity contribution in [2.75, 3.05) is 19.7 Å². The third-order valence-electron chi connectivity index (χ3n) is 4.40. The van der Waals surface area contributed by atoms with Gasteiger partial charge < -0.3 is 16.2 Å². The summed E-state index contributed by atoms with van der Waals surface area (Å²) >= 11 is 0. The van der Waals surface area contributed by atoms with Gasteiger partial charge in [-0.05, 0) is 50.5 Å². The fraction of sp³-hybridized carbons (Fsp3) is 1.00. The summed E-state index contributed by atoms with van der Waals surface area (Å²) in [6, 6.07) is 0. The van der Waals surface area contributed by atoms with Gasteiger partial charge in [-0.1, -0.05) is 6.42 Å². The zero-order chi connectivity index (χ0) is 10.7. The van der Waals surface area contributed by atoms with Crippen molar-refractivity contribution in [1.82, 2.24) is 5.32 Å². The number of nitrogens with one attached hydrogen (secondary N) is 1. The number of hydrogen-bond acceptors (Lipinski definition) is 3. The summed E-state index contributed by atoms with van der Waals surface area (Å²) in [4.78, 5) is 0. The van der Waals surface area contributed by atoms with Gasteiger partial charge in [0.2, 0.25) is 0 Å². The van der Waals surface area contributed by atoms with Gasteiger partial charge in [0.25, 0.3) is 0 Å². The first kappa shape index (κ1) is 11.4. The van der Waals surface area contributed by atoms with E-state index in [1.54, 1.807) is 0 Å². The molecule has 0 aromatic heterocycles. The van der Waals surface area contributed by atoms with Crippen molar-refractivity contribution in [3.63, 3.8) is 0 Å². The van der Waals surface area contributed by atoms with Crippen molar-refractivity contribution in [2.45, 2.75) is 44.1 Å². The summed E-state index contributed by atoms with van der Waals surface area (Å²) in [5.74, 6) is 1.76. The van der Waals surface area contributed by atoms with Crippen LogP contribution in [0.15, 0.2) is 0 Å². The number of hydrogen-bond donors (Lipinski definition) is 3. The van der Waals surface area contributed by atoms with Crippen LogP contribution in [0.3, 0.4) is 0 Å². The maximum Gasteiger partial charge on any atom is 0.0431 e. The van der Waals surface area contributed by atoms with E-state index in [4.69, 9.17) is 10.8 Å². The second kappa shape index (κ2) is 4.81. The van der Waals surface area contributed by atoms with Crippen LogP contribution in [0, 0.1) is 11.8 Å². The Morgan fingerprint density at radius 1 is 1.33 bits per heavy atom. The topological polar surface area (TPSA) is 58.3 Å². The average Bonchev–Trinajstić information content (AvgIpc) is 2.85. The molecular weight excluding hydrogens is 188 g/mol. The molecule has 0 radical (unpaired) electrons. The Morgan fingerprint density at radius 2 is 2.20 bits per heavy atom. The van der Waals surface area contributed by atoms with E-state index in [2.05, 4.69) is 5.32 Å². The second-order valence-electron chi connectivity index (χ2n) is 5.30. The molecule has 0 aromatic rings. The Labute approximate surface area is 92.4 Å². The largest absolute Gasteiger partial charge is 0.396 e. The summed E-state index contributed by atoms with van der Waals surface area (Å²) in [5, 5.41) is 12.4. The minimum absolute atomic E-state index is 0.248. The molecule has 2 aliphatic carbocycles. The molecule has 3 atom stereocenters. The van der Waals surface area contributed by atoms with Crippen LogP contribution in [0.5, 0.6) is 0 Å². The second-order valence-corrected chi connectivity index (χ2v) is 5.30. The maximum absolute atomic E-state index is 8.73. The molecule has 3 heteroatoms. The Bertz CT molecular complexity index is 210. The predicted molar refractivity (Wildman–Crippen MR) is 61.6 cm³/mol. The van der Waals surface area contributed by atoms with E-state index in [0.29, 0.717) is 6.61 Å². The van der Waals surface area contributed by atoms with Gasteiger partial charge in [-0.3, -0.25) is 0 Å². The van der Waals surface area contributed by atoms with Crippen molar-refractivity contribution >= 4 is 0 Å². The number of unbranched alkanes of at least 4 members (excludes halogenated alkanes) is 1. The molecule has 2 rings (SSSR count). The standard InChI is InChI=1S/C12H24N2O/c13-9-12(14-5-1-2-6-15)8-10-3-4-11(12)7-10/h10-11,14-15H,1-9,13H2. The molecule has 3 nitrogen and oxygen atoms in total. The highest BCUT2D eigenvalue weighted by Gasteiger charge is 2.49. The van der Waals surface area contributed by atoms with Crippen molar-refractivity contribution < 1.29 is 5.11 Å². The van der Waals surface area contributed by atoms with Crippen LogP contribution in [0.2, 0.25) is 0 Å². The molecule has 2 bridgehead atoms. The summed E-state index contributed by atoms with van der Waals surface area (Å²) < 4.78 is 0. The minimum Gasteiger partial charge on any atom is -0.396 e. The summed E-state index contributed by atoms with van der Waals surface area (Å²) in [6.45, 7) is 2.11. The molecule has 0 amide bonds. The molecule has 0 aliphatic heterocycles. The van der Waals surface area contributed by atoms with Crippen molar-refractivity contribution in [2.24, 2.45) is 17.6 Å². The molecule has 15 heavy (non-hydrogen) atoms. The van der Waals surface area contributed by atoms with Gasteiger partial charge in [0.05, 0.1) is 0 Å². The van der Waals surface area contributed by atoms with Crippen LogP contribution >= 0.6 is 0 Å². The first-order valence-corrected chi connectivity index (χ1v) is 6.37. The number of aliphatic hydroxyl groups excluding tert-OH is 1. The summed E-state index contributed by atoms with van der Waals surface area (Å²) in [5.41, 5.74) is 6.21. The smallest absolute Gasteiger partial charge is 0.0431 e. The molecule has 2 saturated carbocycles. The lowest BCUT2D eigenvalue weighted by atomic mass is 9.81. The zero-order valence-corrected chi connectivity index (χ0v) is 9.54. The summed E-state index contributed by atoms with van der Waals surface area (Å²) in [7, 11) is 0. The molecule has 2 aliphatic rings. The highest BCUT2D eigenvalue weighted by Crippen LogP contribution is 2.50. The lowest BCUT2D eigenvalue weighted by Gasteiger charge is -2.38. The van der Waals surface area contributed by atoms with Crippen molar-refractivity contribution in [3.8, 4) is 0 Å². The van der Waals surface area contributed by atoms with E-state index in [0.717, 1.165) is 37.8 Å². The lowest BCUT2D eigenvalue weighted by Crippen LogP contribution is -2.55. The van der Waals surface area contributed by atoms with Gasteiger partial charge >= 0.3 is 0 Å². The monoisotopic (exact) mass is 212 g/mol. The third-order valence-corrected chi connectivity index (χ3v) is 4.40. The molecule has 4 N–H and O–H groups in total. The highest BCUT2D eigenvalue weighted by atomic mass is 16.2. The third kappa shape index (κ3) is 2.19. The molecule has 0 saturated heterocycles. The normalized spacial score (nSPS) is 38.8. The van der Waals surface area contributed by atoms with Crippen LogP contribution < -0.4 is 11.1 Å². The molecule has 0 spiro atoms. The average molecular weight is 212 g/mol. The molecule has 88 valence electrons. The van der Waals surface area contributed by atoms with Crippen molar-refractivity contribution in [1.29, 1.82) is 0 Å². The maximum atomic E-state index is 8.73. The van der Waals surface area contributed by atoms with Gasteiger partial charge in [-0.25, -0.2) is 0 Å². The molecule has 0 aromatic carbocycles. The molecule has 2 fully saturated rings. The molecule has 0 heterocycles. The zero-order valence-electron chi connectivity index (χ0n) is 9.54. The van der Waals surface area contributed by atoms with Crippen molar-refractivity contribution in [3.05, 3.63) is 0 Å². The van der Waals surface area contributed by atoms with Crippen LogP contribution in [0.1, 0.15) is 38.5 Å². The van der Waals surface area contributed by atoms with Crippen LogP contribution in [-0.2, 0) is 0 Å². The fourth-order valence-electron chi connectivity index (χ4n) is 3.56. The van der Waals surface area contributed by atoms with Crippen LogP contribution in [-0.4, -0.2) is 30.3 Å². The van der Waals surface area contributed by atoms with Gasteiger partial charge in [0.1, 0.15) is 0 Å². The van der Waals surface area contributed by atoms with E-state index < -0.39 is 0 Å². The minimum atomic E-state index is 0.248. The first-order valence-electron chi connectivity index (χ1n) is 6.37. The summed E-state index contributed by atoms with van der Waals surface area (Å²) in [6.07, 6.45) is 7.44. The predicted octanol–water partition coefficient (Wildman–Crippen LogP) is 0.866. The van der Waals surface area contributed by atoms with Crippen LogP contribution in [0.25, 0.3) is 0 Å². The Kier molecular flexibility index (Phi) is 3.65. The molecule has 3 unspecified atom stereocenters. The number of aliphatic hydroxyl groups is 1. The fourth-order valence-corrected chi connectivity index (χ4v) is 3.56. The first-order chi connectivity index (χ1) is 7.30. The Hall–Kier alpha value is -0.120. The van der Waals surface area contributed by atoms with E-state index >= 15 is 0 Å². The van der Waals surface area contributed by atoms with E-state index in [1.165, 1.54) is 25.7 Å². The van der Waals surface area contributed by atoms with Crippen LogP contribution in [0.4, 0.5) is 0 Å². The SMILES string of the molecule is NCC1(NCCCCO)CC2CCC1C2. The quantitative estimate of drug-likeness (QED) is 0.573. The number of fused-ring (bicyclic) bond motifs is 2. The Balaban J connectivity index is 1.81. The van der Waals surface area contributed by atoms with Gasteiger partial charge in [-0.15, -0.1) is 0 Å².